The maximum Gasteiger partial charge on any atom is 0.192 e. The molecule has 1 saturated heterocycles. The summed E-state index contributed by atoms with van der Waals surface area (Å²) >= 11 is 1.33. The second kappa shape index (κ2) is 8.08. The number of aliphatic hydroxyl groups is 3. The van der Waals surface area contributed by atoms with Gasteiger partial charge in [-0.05, 0) is 30.3 Å². The molecule has 1 aromatic rings. The van der Waals surface area contributed by atoms with Gasteiger partial charge in [0, 0.05) is 4.90 Å². The summed E-state index contributed by atoms with van der Waals surface area (Å²) in [7, 11) is -2.00. The zero-order chi connectivity index (χ0) is 18.8. The number of benzene rings is 1. The van der Waals surface area contributed by atoms with Crippen LogP contribution in [0, 0.1) is 0 Å². The lowest BCUT2D eigenvalue weighted by molar-refractivity contribution is -0.204. The predicted octanol–water partition coefficient (Wildman–Crippen LogP) is 2.61. The molecular formula is C18H30O5SSi. The third-order valence-electron chi connectivity index (χ3n) is 5.08. The summed E-state index contributed by atoms with van der Waals surface area (Å²) in [5, 5.41) is 30.8. The van der Waals surface area contributed by atoms with E-state index in [2.05, 4.69) is 33.9 Å². The normalized spacial score (nSPS) is 31.1. The van der Waals surface area contributed by atoms with E-state index in [4.69, 9.17) is 9.16 Å². The number of hydrogen-bond donors (Lipinski definition) is 3. The fourth-order valence-electron chi connectivity index (χ4n) is 2.29. The molecule has 25 heavy (non-hydrogen) atoms. The zero-order valence-corrected chi connectivity index (χ0v) is 17.4. The van der Waals surface area contributed by atoms with Crippen molar-refractivity contribution in [1.29, 1.82) is 0 Å². The number of rotatable bonds is 5. The van der Waals surface area contributed by atoms with E-state index >= 15 is 0 Å². The maximum atomic E-state index is 10.3. The molecule has 0 aromatic heterocycles. The Kier molecular flexibility index (Phi) is 6.75. The van der Waals surface area contributed by atoms with E-state index in [-0.39, 0.29) is 11.6 Å². The average molecular weight is 387 g/mol. The van der Waals surface area contributed by atoms with Crippen molar-refractivity contribution in [3.63, 3.8) is 0 Å². The van der Waals surface area contributed by atoms with Crippen LogP contribution in [0.3, 0.4) is 0 Å². The van der Waals surface area contributed by atoms with E-state index in [0.29, 0.717) is 0 Å². The first-order valence-electron chi connectivity index (χ1n) is 8.58. The molecule has 1 aliphatic heterocycles. The van der Waals surface area contributed by atoms with Gasteiger partial charge in [-0.15, -0.1) is 0 Å². The molecule has 142 valence electrons. The van der Waals surface area contributed by atoms with Crippen LogP contribution in [0.4, 0.5) is 0 Å². The van der Waals surface area contributed by atoms with Gasteiger partial charge in [-0.3, -0.25) is 0 Å². The number of thioether (sulfide) groups is 1. The van der Waals surface area contributed by atoms with E-state index in [0.717, 1.165) is 4.90 Å². The molecule has 5 nitrogen and oxygen atoms in total. The summed E-state index contributed by atoms with van der Waals surface area (Å²) < 4.78 is 12.0. The summed E-state index contributed by atoms with van der Waals surface area (Å²) in [5.74, 6) is 0. The number of aliphatic hydroxyl groups excluding tert-OH is 3. The summed E-state index contributed by atoms with van der Waals surface area (Å²) in [6.07, 6.45) is -4.27. The van der Waals surface area contributed by atoms with Crippen molar-refractivity contribution >= 4 is 20.1 Å². The van der Waals surface area contributed by atoms with Gasteiger partial charge in [-0.25, -0.2) is 0 Å². The van der Waals surface area contributed by atoms with Crippen LogP contribution in [0.1, 0.15) is 20.8 Å². The molecule has 1 aliphatic rings. The third kappa shape index (κ3) is 5.06. The quantitative estimate of drug-likeness (QED) is 0.675. The predicted molar refractivity (Wildman–Crippen MR) is 102 cm³/mol. The second-order valence-corrected chi connectivity index (χ2v) is 14.0. The molecule has 0 amide bonds. The second-order valence-electron chi connectivity index (χ2n) is 8.02. The highest BCUT2D eigenvalue weighted by atomic mass is 32.2. The highest BCUT2D eigenvalue weighted by Crippen LogP contribution is 2.38. The molecule has 0 unspecified atom stereocenters. The van der Waals surface area contributed by atoms with E-state index in [1.807, 2.05) is 30.3 Å². The summed E-state index contributed by atoms with van der Waals surface area (Å²) in [6.45, 7) is 10.9. The van der Waals surface area contributed by atoms with Crippen LogP contribution in [-0.4, -0.2) is 60.1 Å². The average Bonchev–Trinajstić information content (AvgIpc) is 2.54. The van der Waals surface area contributed by atoms with Crippen molar-refractivity contribution < 1.29 is 24.5 Å². The van der Waals surface area contributed by atoms with Gasteiger partial charge >= 0.3 is 0 Å². The number of ether oxygens (including phenoxy) is 1. The van der Waals surface area contributed by atoms with E-state index in [1.165, 1.54) is 11.8 Å². The summed E-state index contributed by atoms with van der Waals surface area (Å²) in [4.78, 5) is 0.930. The minimum Gasteiger partial charge on any atom is -0.414 e. The van der Waals surface area contributed by atoms with Crippen molar-refractivity contribution in [1.82, 2.24) is 0 Å². The van der Waals surface area contributed by atoms with Crippen LogP contribution in [0.25, 0.3) is 0 Å². The lowest BCUT2D eigenvalue weighted by Gasteiger charge is -2.42. The molecule has 7 heteroatoms. The first-order chi connectivity index (χ1) is 11.5. The Bertz CT molecular complexity index is 548. The first kappa shape index (κ1) is 20.9. The highest BCUT2D eigenvalue weighted by molar-refractivity contribution is 7.99. The third-order valence-corrected chi connectivity index (χ3v) is 10.7. The van der Waals surface area contributed by atoms with Gasteiger partial charge in [0.25, 0.3) is 0 Å². The molecule has 1 aromatic carbocycles. The van der Waals surface area contributed by atoms with Crippen LogP contribution in [0.2, 0.25) is 18.1 Å². The fourth-order valence-corrected chi connectivity index (χ4v) is 4.39. The molecule has 0 spiro atoms. The minimum atomic E-state index is -2.00. The van der Waals surface area contributed by atoms with E-state index in [1.54, 1.807) is 0 Å². The molecule has 1 fully saturated rings. The van der Waals surface area contributed by atoms with Gasteiger partial charge < -0.3 is 24.5 Å². The van der Waals surface area contributed by atoms with E-state index in [9.17, 15) is 15.3 Å². The van der Waals surface area contributed by atoms with Crippen molar-refractivity contribution in [3.8, 4) is 0 Å². The zero-order valence-electron chi connectivity index (χ0n) is 15.5. The minimum absolute atomic E-state index is 0.0446. The molecule has 1 heterocycles. The Morgan fingerprint density at radius 2 is 1.64 bits per heavy atom. The van der Waals surface area contributed by atoms with Crippen molar-refractivity contribution in [2.24, 2.45) is 0 Å². The Morgan fingerprint density at radius 3 is 2.20 bits per heavy atom. The molecule has 0 aliphatic carbocycles. The lowest BCUT2D eigenvalue weighted by Crippen LogP contribution is -2.58. The molecular weight excluding hydrogens is 356 g/mol. The number of hydrogen-bond acceptors (Lipinski definition) is 6. The van der Waals surface area contributed by atoms with Crippen LogP contribution in [-0.2, 0) is 9.16 Å². The van der Waals surface area contributed by atoms with Crippen LogP contribution >= 0.6 is 11.8 Å². The molecule has 0 bridgehead atoms. The van der Waals surface area contributed by atoms with Crippen molar-refractivity contribution in [2.75, 3.05) is 6.61 Å². The van der Waals surface area contributed by atoms with Crippen molar-refractivity contribution in [2.45, 2.75) is 73.7 Å². The van der Waals surface area contributed by atoms with Gasteiger partial charge in [0.2, 0.25) is 0 Å². The molecule has 0 radical (unpaired) electrons. The van der Waals surface area contributed by atoms with Gasteiger partial charge in [-0.2, -0.15) is 0 Å². The van der Waals surface area contributed by atoms with Crippen LogP contribution in [0.5, 0.6) is 0 Å². The highest BCUT2D eigenvalue weighted by Gasteiger charge is 2.45. The summed E-state index contributed by atoms with van der Waals surface area (Å²) in [6, 6.07) is 9.55. The monoisotopic (exact) mass is 386 g/mol. The van der Waals surface area contributed by atoms with Crippen LogP contribution in [0.15, 0.2) is 35.2 Å². The standard InChI is InChI=1S/C18H30O5SSi/c1-18(2,3)25(4,5)22-11-13-14(19)15(20)16(21)17(23-13)24-12-9-7-6-8-10-12/h6-10,13-17,19-21H,11H2,1-5H3/t13-,14+,15+,16-,17+/m1/s1. The smallest absolute Gasteiger partial charge is 0.192 e. The van der Waals surface area contributed by atoms with Gasteiger partial charge in [-0.1, -0.05) is 50.7 Å². The van der Waals surface area contributed by atoms with Gasteiger partial charge in [0.15, 0.2) is 8.32 Å². The van der Waals surface area contributed by atoms with Crippen LogP contribution < -0.4 is 0 Å². The largest absolute Gasteiger partial charge is 0.414 e. The lowest BCUT2D eigenvalue weighted by atomic mass is 10.0. The van der Waals surface area contributed by atoms with E-state index < -0.39 is 38.2 Å². The Balaban J connectivity index is 2.05. The maximum absolute atomic E-state index is 10.3. The fraction of sp³-hybridized carbons (Fsp3) is 0.667. The van der Waals surface area contributed by atoms with Crippen molar-refractivity contribution in [3.05, 3.63) is 30.3 Å². The SMILES string of the molecule is CC(C)(C)[Si](C)(C)OC[C@H]1O[C@@H](Sc2ccccc2)[C@H](O)[C@@H](O)[C@H]1O. The molecule has 3 N–H and O–H groups in total. The Morgan fingerprint density at radius 1 is 1.04 bits per heavy atom. The Labute approximate surface area is 155 Å². The van der Waals surface area contributed by atoms with Gasteiger partial charge in [0.1, 0.15) is 29.9 Å². The molecule has 5 atom stereocenters. The Hall–Kier alpha value is -0.413. The molecule has 2 rings (SSSR count). The van der Waals surface area contributed by atoms with Gasteiger partial charge in [0.05, 0.1) is 6.61 Å². The summed E-state index contributed by atoms with van der Waals surface area (Å²) in [5.41, 5.74) is -0.659. The first-order valence-corrected chi connectivity index (χ1v) is 12.4. The molecule has 0 saturated carbocycles. The topological polar surface area (TPSA) is 79.2 Å².